The average molecular weight is 724 g/mol. The van der Waals surface area contributed by atoms with Crippen LogP contribution in [0, 0.1) is 0 Å². The second-order valence-corrected chi connectivity index (χ2v) is 16.2. The average Bonchev–Trinajstić information content (AvgIpc) is 3.92. The summed E-state index contributed by atoms with van der Waals surface area (Å²) in [5.41, 5.74) is 7.47. The molecule has 54 heavy (non-hydrogen) atoms. The second kappa shape index (κ2) is 11.5. The Morgan fingerprint density at radius 2 is 0.981 bits per heavy atom. The van der Waals surface area contributed by atoms with Gasteiger partial charge in [0, 0.05) is 74.2 Å². The highest BCUT2D eigenvalue weighted by Crippen LogP contribution is 2.48. The zero-order chi connectivity index (χ0) is 35.3. The van der Waals surface area contributed by atoms with Gasteiger partial charge < -0.3 is 9.32 Å². The van der Waals surface area contributed by atoms with Crippen LogP contribution in [0.1, 0.15) is 0 Å². The van der Waals surface area contributed by atoms with Crippen LogP contribution in [0.3, 0.4) is 0 Å². The fourth-order valence-corrected chi connectivity index (χ4v) is 10.9. The van der Waals surface area contributed by atoms with Crippen LogP contribution in [0.25, 0.3) is 95.0 Å². The van der Waals surface area contributed by atoms with Crippen LogP contribution < -0.4 is 4.90 Å². The monoisotopic (exact) mass is 723 g/mol. The van der Waals surface area contributed by atoms with Crippen molar-refractivity contribution in [2.45, 2.75) is 0 Å². The number of fused-ring (bicyclic) bond motifs is 13. The minimum absolute atomic E-state index is 0.881. The van der Waals surface area contributed by atoms with Crippen LogP contribution in [0.5, 0.6) is 0 Å². The topological polar surface area (TPSA) is 16.4 Å². The van der Waals surface area contributed by atoms with Crippen LogP contribution in [0.15, 0.2) is 180 Å². The number of furan rings is 1. The van der Waals surface area contributed by atoms with Gasteiger partial charge in [0.05, 0.1) is 0 Å². The molecule has 9 aromatic carbocycles. The molecule has 4 heteroatoms. The van der Waals surface area contributed by atoms with Gasteiger partial charge in [-0.05, 0) is 93.3 Å². The van der Waals surface area contributed by atoms with E-state index in [1.807, 2.05) is 34.8 Å². The van der Waals surface area contributed by atoms with E-state index in [9.17, 15) is 0 Å². The lowest BCUT2D eigenvalue weighted by molar-refractivity contribution is 0.669. The predicted octanol–water partition coefficient (Wildman–Crippen LogP) is 15.8. The molecule has 0 aliphatic rings. The van der Waals surface area contributed by atoms with Crippen molar-refractivity contribution in [2.24, 2.45) is 0 Å². The van der Waals surface area contributed by atoms with Crippen LogP contribution in [0.2, 0.25) is 0 Å². The van der Waals surface area contributed by atoms with E-state index >= 15 is 0 Å². The zero-order valence-electron chi connectivity index (χ0n) is 28.9. The molecular weight excluding hydrogens is 695 g/mol. The van der Waals surface area contributed by atoms with E-state index in [1.54, 1.807) is 0 Å². The van der Waals surface area contributed by atoms with Crippen molar-refractivity contribution in [1.82, 2.24) is 0 Å². The van der Waals surface area contributed by atoms with E-state index in [1.165, 1.54) is 73.0 Å². The number of para-hydroxylation sites is 1. The van der Waals surface area contributed by atoms with Crippen molar-refractivity contribution >= 4 is 124 Å². The quantitative estimate of drug-likeness (QED) is 0.180. The summed E-state index contributed by atoms with van der Waals surface area (Å²) < 4.78 is 11.7. The Balaban J connectivity index is 1.08. The molecule has 0 aliphatic heterocycles. The van der Waals surface area contributed by atoms with Gasteiger partial charge in [0.1, 0.15) is 11.2 Å². The number of hydrogen-bond acceptors (Lipinski definition) is 4. The van der Waals surface area contributed by atoms with Crippen LogP contribution >= 0.6 is 22.7 Å². The predicted molar refractivity (Wildman–Crippen MR) is 235 cm³/mol. The Labute approximate surface area is 318 Å². The third kappa shape index (κ3) is 4.45. The first-order chi connectivity index (χ1) is 26.7. The van der Waals surface area contributed by atoms with Crippen molar-refractivity contribution in [3.8, 4) is 11.1 Å². The third-order valence-electron chi connectivity index (χ3n) is 11.0. The lowest BCUT2D eigenvalue weighted by atomic mass is 9.98. The Kier molecular flexibility index (Phi) is 6.41. The van der Waals surface area contributed by atoms with E-state index in [0.717, 1.165) is 39.0 Å². The van der Waals surface area contributed by atoms with Crippen molar-refractivity contribution < 1.29 is 4.42 Å². The smallest absolute Gasteiger partial charge is 0.137 e. The molecule has 0 atom stereocenters. The van der Waals surface area contributed by atoms with Crippen LogP contribution in [0.4, 0.5) is 17.1 Å². The minimum Gasteiger partial charge on any atom is -0.456 e. The molecule has 12 rings (SSSR count). The summed E-state index contributed by atoms with van der Waals surface area (Å²) in [6, 6.07) is 64.1. The lowest BCUT2D eigenvalue weighted by Gasteiger charge is -2.26. The summed E-state index contributed by atoms with van der Waals surface area (Å²) in [4.78, 5) is 2.38. The molecule has 3 aromatic heterocycles. The largest absolute Gasteiger partial charge is 0.456 e. The van der Waals surface area contributed by atoms with E-state index < -0.39 is 0 Å². The fourth-order valence-electron chi connectivity index (χ4n) is 8.56. The molecule has 3 heterocycles. The summed E-state index contributed by atoms with van der Waals surface area (Å²) in [6.07, 6.45) is 0. The summed E-state index contributed by atoms with van der Waals surface area (Å²) in [5.74, 6) is 0. The van der Waals surface area contributed by atoms with Crippen molar-refractivity contribution in [2.75, 3.05) is 4.90 Å². The SMILES string of the molecule is c1ccc2c(-c3ccc(N(c4ccc5c(c4)oc4ccccc45)c4ccc5sc6ccc7sc8c9ccccc9ccc8c7c6c5c4)cc3)cccc2c1. The van der Waals surface area contributed by atoms with Gasteiger partial charge in [0.15, 0.2) is 0 Å². The number of thiophene rings is 2. The molecule has 0 unspecified atom stereocenters. The maximum Gasteiger partial charge on any atom is 0.137 e. The van der Waals surface area contributed by atoms with E-state index in [0.29, 0.717) is 0 Å². The van der Waals surface area contributed by atoms with Crippen molar-refractivity contribution in [1.29, 1.82) is 0 Å². The lowest BCUT2D eigenvalue weighted by Crippen LogP contribution is -2.09. The molecule has 0 radical (unpaired) electrons. The molecule has 0 amide bonds. The van der Waals surface area contributed by atoms with Crippen LogP contribution in [-0.2, 0) is 0 Å². The normalized spacial score (nSPS) is 12.1. The molecular formula is C50H29NOS2. The fraction of sp³-hybridized carbons (Fsp3) is 0. The first-order valence-electron chi connectivity index (χ1n) is 18.2. The van der Waals surface area contributed by atoms with E-state index in [2.05, 4.69) is 169 Å². The maximum atomic E-state index is 6.44. The second-order valence-electron chi connectivity index (χ2n) is 14.0. The number of nitrogens with zero attached hydrogens (tertiary/aromatic N) is 1. The first kappa shape index (κ1) is 30.0. The highest BCUT2D eigenvalue weighted by atomic mass is 32.1. The van der Waals surface area contributed by atoms with E-state index in [-0.39, 0.29) is 0 Å². The molecule has 12 aromatic rings. The number of benzene rings is 9. The number of rotatable bonds is 4. The third-order valence-corrected chi connectivity index (χ3v) is 13.4. The molecule has 0 saturated carbocycles. The molecule has 2 nitrogen and oxygen atoms in total. The first-order valence-corrected chi connectivity index (χ1v) is 19.9. The number of anilines is 3. The van der Waals surface area contributed by atoms with Gasteiger partial charge in [-0.2, -0.15) is 0 Å². The maximum absolute atomic E-state index is 6.44. The molecule has 0 bridgehead atoms. The molecule has 0 aliphatic carbocycles. The van der Waals surface area contributed by atoms with Gasteiger partial charge in [-0.15, -0.1) is 22.7 Å². The Morgan fingerprint density at radius 1 is 0.370 bits per heavy atom. The zero-order valence-corrected chi connectivity index (χ0v) is 30.5. The molecule has 0 spiro atoms. The molecule has 252 valence electrons. The van der Waals surface area contributed by atoms with E-state index in [4.69, 9.17) is 4.42 Å². The summed E-state index contributed by atoms with van der Waals surface area (Å²) >= 11 is 3.79. The van der Waals surface area contributed by atoms with Crippen molar-refractivity contribution in [3.63, 3.8) is 0 Å². The minimum atomic E-state index is 0.881. The van der Waals surface area contributed by atoms with Gasteiger partial charge in [-0.1, -0.05) is 109 Å². The standard InChI is InChI=1S/C50H29NOS2/c1-3-11-36-30(8-1)10-7-14-37(36)32-16-19-33(20-17-32)51(35-21-24-40-39-13-5-6-15-43(39)52-44(40)29-35)34-22-25-45-42(28-34)49-46(53-45)26-27-47-48(49)41-23-18-31-9-2-4-12-38(31)50(41)54-47/h1-29H. The summed E-state index contributed by atoms with van der Waals surface area (Å²) in [7, 11) is 0. The molecule has 0 fully saturated rings. The highest BCUT2D eigenvalue weighted by molar-refractivity contribution is 7.28. The molecule has 0 N–H and O–H groups in total. The molecule has 0 saturated heterocycles. The van der Waals surface area contributed by atoms with Gasteiger partial charge in [0.2, 0.25) is 0 Å². The Hall–Kier alpha value is -6.46. The number of hydrogen-bond donors (Lipinski definition) is 0. The Morgan fingerprint density at radius 3 is 1.85 bits per heavy atom. The van der Waals surface area contributed by atoms with Gasteiger partial charge in [-0.25, -0.2) is 0 Å². The van der Waals surface area contributed by atoms with Gasteiger partial charge in [0.25, 0.3) is 0 Å². The summed E-state index contributed by atoms with van der Waals surface area (Å²) in [6.45, 7) is 0. The van der Waals surface area contributed by atoms with Gasteiger partial charge in [-0.3, -0.25) is 0 Å². The Bertz CT molecular complexity index is 3450. The van der Waals surface area contributed by atoms with Crippen LogP contribution in [-0.4, -0.2) is 0 Å². The highest BCUT2D eigenvalue weighted by Gasteiger charge is 2.20. The van der Waals surface area contributed by atoms with Crippen molar-refractivity contribution in [3.05, 3.63) is 176 Å². The summed E-state index contributed by atoms with van der Waals surface area (Å²) in [5, 5.41) is 12.7. The van der Waals surface area contributed by atoms with Gasteiger partial charge >= 0.3 is 0 Å².